The molecule has 0 aliphatic heterocycles. The molecule has 0 bridgehead atoms. The van der Waals surface area contributed by atoms with Crippen LogP contribution in [0.15, 0.2) is 12.1 Å². The van der Waals surface area contributed by atoms with Crippen LogP contribution < -0.4 is 0 Å². The highest BCUT2D eigenvalue weighted by Gasteiger charge is 2.40. The second-order valence-corrected chi connectivity index (χ2v) is 6.12. The van der Waals surface area contributed by atoms with Gasteiger partial charge >= 0.3 is 6.11 Å². The number of hydrogen-bond donors (Lipinski definition) is 0. The van der Waals surface area contributed by atoms with E-state index in [1.165, 1.54) is 6.92 Å². The second-order valence-electron chi connectivity index (χ2n) is 6.12. The molecular weight excluding hydrogens is 296 g/mol. The molecule has 1 fully saturated rings. The van der Waals surface area contributed by atoms with Crippen LogP contribution in [-0.4, -0.2) is 6.10 Å². The van der Waals surface area contributed by atoms with Crippen molar-refractivity contribution in [3.63, 3.8) is 0 Å². The zero-order valence-corrected chi connectivity index (χ0v) is 13.0. The van der Waals surface area contributed by atoms with E-state index in [9.17, 15) is 17.6 Å². The zero-order valence-electron chi connectivity index (χ0n) is 13.0. The highest BCUT2D eigenvalue weighted by atomic mass is 19.3. The molecule has 0 aromatic heterocycles. The monoisotopic (exact) mass is 318 g/mol. The fraction of sp³-hybridized carbons (Fsp3) is 0.647. The molecular formula is C17H22F4O. The van der Waals surface area contributed by atoms with Crippen molar-refractivity contribution in [1.29, 1.82) is 0 Å². The van der Waals surface area contributed by atoms with Crippen molar-refractivity contribution in [2.24, 2.45) is 5.92 Å². The molecule has 1 aromatic rings. The third-order valence-corrected chi connectivity index (χ3v) is 4.39. The molecule has 1 aliphatic carbocycles. The maximum absolute atomic E-state index is 14.1. The minimum absolute atomic E-state index is 0.00266. The molecule has 0 spiro atoms. The van der Waals surface area contributed by atoms with Crippen molar-refractivity contribution in [3.8, 4) is 0 Å². The van der Waals surface area contributed by atoms with Crippen LogP contribution in [0.25, 0.3) is 0 Å². The summed E-state index contributed by atoms with van der Waals surface area (Å²) < 4.78 is 60.3. The Hall–Kier alpha value is -1.10. The molecule has 0 amide bonds. The SMILES string of the molecule is CCCC1CCC(OC(F)(F)c2ccc(C)c(F)c2F)CC1. The maximum atomic E-state index is 14.1. The number of ether oxygens (including phenoxy) is 1. The van der Waals surface area contributed by atoms with Crippen molar-refractivity contribution in [1.82, 2.24) is 0 Å². The molecule has 0 atom stereocenters. The third kappa shape index (κ3) is 3.80. The van der Waals surface area contributed by atoms with Crippen LogP contribution in [0.5, 0.6) is 0 Å². The molecule has 2 rings (SSSR count). The standard InChI is InChI=1S/C17H22F4O/c1-3-4-12-6-8-13(9-7-12)22-17(20,21)14-10-5-11(2)15(18)16(14)19/h5,10,12-13H,3-4,6-9H2,1-2H3. The summed E-state index contributed by atoms with van der Waals surface area (Å²) in [6.07, 6.45) is 0.541. The van der Waals surface area contributed by atoms with Gasteiger partial charge in [-0.15, -0.1) is 0 Å². The van der Waals surface area contributed by atoms with Gasteiger partial charge in [0.25, 0.3) is 0 Å². The maximum Gasteiger partial charge on any atom is 0.386 e. The lowest BCUT2D eigenvalue weighted by molar-refractivity contribution is -0.279. The summed E-state index contributed by atoms with van der Waals surface area (Å²) in [6, 6.07) is 2.04. The van der Waals surface area contributed by atoms with E-state index in [1.807, 2.05) is 0 Å². The van der Waals surface area contributed by atoms with Crippen molar-refractivity contribution in [3.05, 3.63) is 34.9 Å². The van der Waals surface area contributed by atoms with E-state index < -0.39 is 29.4 Å². The van der Waals surface area contributed by atoms with E-state index in [1.54, 1.807) is 0 Å². The summed E-state index contributed by atoms with van der Waals surface area (Å²) in [7, 11) is 0. The normalized spacial score (nSPS) is 22.8. The molecule has 1 aliphatic rings. The van der Waals surface area contributed by atoms with E-state index in [0.717, 1.165) is 37.8 Å². The summed E-state index contributed by atoms with van der Waals surface area (Å²) in [5, 5.41) is 0. The van der Waals surface area contributed by atoms with Crippen LogP contribution in [-0.2, 0) is 10.8 Å². The lowest BCUT2D eigenvalue weighted by Gasteiger charge is -2.31. The Kier molecular flexibility index (Phi) is 5.48. The number of alkyl halides is 2. The number of hydrogen-bond acceptors (Lipinski definition) is 1. The van der Waals surface area contributed by atoms with Gasteiger partial charge in [0.2, 0.25) is 0 Å². The van der Waals surface area contributed by atoms with Crippen molar-refractivity contribution in [2.45, 2.75) is 64.6 Å². The summed E-state index contributed by atoms with van der Waals surface area (Å²) in [5.74, 6) is -2.20. The summed E-state index contributed by atoms with van der Waals surface area (Å²) in [4.78, 5) is 0. The Labute approximate surface area is 128 Å². The Morgan fingerprint density at radius 3 is 2.32 bits per heavy atom. The van der Waals surface area contributed by atoms with Gasteiger partial charge in [-0.1, -0.05) is 25.8 Å². The molecule has 22 heavy (non-hydrogen) atoms. The predicted molar refractivity (Wildman–Crippen MR) is 76.7 cm³/mol. The molecule has 124 valence electrons. The third-order valence-electron chi connectivity index (χ3n) is 4.39. The van der Waals surface area contributed by atoms with Gasteiger partial charge in [0.1, 0.15) is 0 Å². The van der Waals surface area contributed by atoms with Gasteiger partial charge in [-0.05, 0) is 50.2 Å². The van der Waals surface area contributed by atoms with E-state index in [-0.39, 0.29) is 5.56 Å². The molecule has 1 saturated carbocycles. The molecule has 5 heteroatoms. The van der Waals surface area contributed by atoms with Crippen LogP contribution in [0.4, 0.5) is 17.6 Å². The van der Waals surface area contributed by atoms with Crippen LogP contribution in [0.3, 0.4) is 0 Å². The quantitative estimate of drug-likeness (QED) is 0.633. The zero-order chi connectivity index (χ0) is 16.3. The molecule has 0 radical (unpaired) electrons. The first kappa shape index (κ1) is 17.3. The van der Waals surface area contributed by atoms with Crippen molar-refractivity contribution in [2.75, 3.05) is 0 Å². The van der Waals surface area contributed by atoms with Crippen LogP contribution in [0, 0.1) is 24.5 Å². The first-order valence-electron chi connectivity index (χ1n) is 7.85. The Bertz CT molecular complexity index is 508. The van der Waals surface area contributed by atoms with Gasteiger partial charge < -0.3 is 4.74 Å². The largest absolute Gasteiger partial charge is 0.386 e. The lowest BCUT2D eigenvalue weighted by atomic mass is 9.84. The van der Waals surface area contributed by atoms with Crippen LogP contribution >= 0.6 is 0 Å². The highest BCUT2D eigenvalue weighted by molar-refractivity contribution is 5.27. The van der Waals surface area contributed by atoms with Crippen LogP contribution in [0.1, 0.15) is 56.6 Å². The van der Waals surface area contributed by atoms with Gasteiger partial charge in [0.05, 0.1) is 11.7 Å². The molecule has 0 unspecified atom stereocenters. The molecule has 0 saturated heterocycles. The number of rotatable bonds is 5. The number of aryl methyl sites for hydroxylation is 1. The first-order valence-corrected chi connectivity index (χ1v) is 7.85. The highest BCUT2D eigenvalue weighted by Crippen LogP contribution is 2.38. The fourth-order valence-electron chi connectivity index (χ4n) is 3.09. The number of halogens is 4. The van der Waals surface area contributed by atoms with Crippen molar-refractivity contribution >= 4 is 0 Å². The predicted octanol–water partition coefficient (Wildman–Crippen LogP) is 5.70. The van der Waals surface area contributed by atoms with Crippen LogP contribution in [0.2, 0.25) is 0 Å². The summed E-state index contributed by atoms with van der Waals surface area (Å²) >= 11 is 0. The van der Waals surface area contributed by atoms with Gasteiger partial charge in [0.15, 0.2) is 11.6 Å². The Balaban J connectivity index is 2.04. The van der Waals surface area contributed by atoms with Crippen molar-refractivity contribution < 1.29 is 22.3 Å². The molecule has 0 heterocycles. The summed E-state index contributed by atoms with van der Waals surface area (Å²) in [6.45, 7) is 3.43. The minimum Gasteiger partial charge on any atom is -0.313 e. The first-order chi connectivity index (χ1) is 10.3. The minimum atomic E-state index is -3.80. The molecule has 0 N–H and O–H groups in total. The van der Waals surface area contributed by atoms with E-state index in [0.29, 0.717) is 18.8 Å². The van der Waals surface area contributed by atoms with E-state index in [4.69, 9.17) is 4.74 Å². The van der Waals surface area contributed by atoms with Gasteiger partial charge in [-0.3, -0.25) is 0 Å². The lowest BCUT2D eigenvalue weighted by Crippen LogP contribution is -2.30. The Morgan fingerprint density at radius 2 is 1.73 bits per heavy atom. The molecule has 1 nitrogen and oxygen atoms in total. The average molecular weight is 318 g/mol. The summed E-state index contributed by atoms with van der Waals surface area (Å²) in [5.41, 5.74) is -1.02. The van der Waals surface area contributed by atoms with Gasteiger partial charge in [-0.25, -0.2) is 8.78 Å². The smallest absolute Gasteiger partial charge is 0.313 e. The topological polar surface area (TPSA) is 9.23 Å². The van der Waals surface area contributed by atoms with E-state index >= 15 is 0 Å². The Morgan fingerprint density at radius 1 is 1.09 bits per heavy atom. The van der Waals surface area contributed by atoms with E-state index in [2.05, 4.69) is 6.92 Å². The average Bonchev–Trinajstić information content (AvgIpc) is 2.46. The van der Waals surface area contributed by atoms with Gasteiger partial charge in [0, 0.05) is 0 Å². The number of benzene rings is 1. The molecule has 1 aromatic carbocycles. The van der Waals surface area contributed by atoms with Gasteiger partial charge in [-0.2, -0.15) is 8.78 Å². The fourth-order valence-corrected chi connectivity index (χ4v) is 3.09. The second kappa shape index (κ2) is 6.99.